The SMILES string of the molecule is CCc1c(O)n(-c2ccc(CC#N)cc2)c(=O)[nH]c1=O. The summed E-state index contributed by atoms with van der Waals surface area (Å²) in [6.07, 6.45) is 0.584. The van der Waals surface area contributed by atoms with Crippen molar-refractivity contribution >= 4 is 0 Å². The maximum absolute atomic E-state index is 11.8. The van der Waals surface area contributed by atoms with Gasteiger partial charge in [0.2, 0.25) is 5.88 Å². The lowest BCUT2D eigenvalue weighted by molar-refractivity contribution is 0.423. The number of hydrogen-bond donors (Lipinski definition) is 2. The van der Waals surface area contributed by atoms with Crippen LogP contribution in [0.1, 0.15) is 18.1 Å². The number of rotatable bonds is 3. The van der Waals surface area contributed by atoms with Crippen LogP contribution in [0.25, 0.3) is 5.69 Å². The van der Waals surface area contributed by atoms with E-state index in [2.05, 4.69) is 4.98 Å². The molecule has 1 aromatic heterocycles. The van der Waals surface area contributed by atoms with E-state index >= 15 is 0 Å². The average molecular weight is 271 g/mol. The van der Waals surface area contributed by atoms with Crippen molar-refractivity contribution in [2.75, 3.05) is 0 Å². The molecule has 0 spiro atoms. The Kier molecular flexibility index (Phi) is 3.71. The van der Waals surface area contributed by atoms with Crippen LogP contribution < -0.4 is 11.2 Å². The average Bonchev–Trinajstić information content (AvgIpc) is 2.41. The van der Waals surface area contributed by atoms with Gasteiger partial charge in [-0.1, -0.05) is 19.1 Å². The number of H-pyrrole nitrogens is 1. The van der Waals surface area contributed by atoms with Crippen LogP contribution in [-0.2, 0) is 12.8 Å². The Morgan fingerprint density at radius 1 is 1.30 bits per heavy atom. The summed E-state index contributed by atoms with van der Waals surface area (Å²) in [6.45, 7) is 1.72. The molecule has 0 radical (unpaired) electrons. The fraction of sp³-hybridized carbons (Fsp3) is 0.214. The third-order valence-corrected chi connectivity index (χ3v) is 3.01. The Balaban J connectivity index is 2.61. The highest BCUT2D eigenvalue weighted by molar-refractivity contribution is 5.40. The standard InChI is InChI=1S/C14H13N3O3/c1-2-11-12(18)16-14(20)17(13(11)19)10-5-3-9(4-6-10)7-8-15/h3-6,19H,2,7H2,1H3,(H,16,18,20). The molecule has 0 bridgehead atoms. The molecule has 102 valence electrons. The first-order valence-electron chi connectivity index (χ1n) is 6.12. The maximum Gasteiger partial charge on any atom is 0.335 e. The minimum Gasteiger partial charge on any atom is -0.494 e. The zero-order valence-corrected chi connectivity index (χ0v) is 10.9. The molecule has 1 heterocycles. The summed E-state index contributed by atoms with van der Waals surface area (Å²) in [6, 6.07) is 8.65. The number of aromatic hydroxyl groups is 1. The van der Waals surface area contributed by atoms with Gasteiger partial charge in [0.1, 0.15) is 0 Å². The Hall–Kier alpha value is -2.81. The number of benzene rings is 1. The smallest absolute Gasteiger partial charge is 0.335 e. The van der Waals surface area contributed by atoms with Gasteiger partial charge in [0, 0.05) is 0 Å². The zero-order chi connectivity index (χ0) is 14.7. The predicted octanol–water partition coefficient (Wildman–Crippen LogP) is 0.860. The normalized spacial score (nSPS) is 10.2. The Labute approximate surface area is 114 Å². The van der Waals surface area contributed by atoms with Crippen molar-refractivity contribution in [3.05, 3.63) is 56.2 Å². The topological polar surface area (TPSA) is 98.9 Å². The highest BCUT2D eigenvalue weighted by Gasteiger charge is 2.13. The molecular weight excluding hydrogens is 258 g/mol. The molecule has 0 amide bonds. The lowest BCUT2D eigenvalue weighted by atomic mass is 10.1. The first-order chi connectivity index (χ1) is 9.58. The fourth-order valence-corrected chi connectivity index (χ4v) is 1.97. The summed E-state index contributed by atoms with van der Waals surface area (Å²) >= 11 is 0. The number of nitriles is 1. The van der Waals surface area contributed by atoms with Crippen molar-refractivity contribution in [2.24, 2.45) is 0 Å². The monoisotopic (exact) mass is 271 g/mol. The van der Waals surface area contributed by atoms with E-state index in [9.17, 15) is 14.7 Å². The first kappa shape index (κ1) is 13.6. The zero-order valence-electron chi connectivity index (χ0n) is 10.9. The molecule has 1 aromatic carbocycles. The lowest BCUT2D eigenvalue weighted by Crippen LogP contribution is -2.31. The number of aromatic amines is 1. The van der Waals surface area contributed by atoms with Gasteiger partial charge in [-0.25, -0.2) is 9.36 Å². The molecule has 0 aliphatic carbocycles. The Morgan fingerprint density at radius 2 is 1.95 bits per heavy atom. The van der Waals surface area contributed by atoms with E-state index in [0.29, 0.717) is 12.1 Å². The summed E-state index contributed by atoms with van der Waals surface area (Å²) in [7, 11) is 0. The Bertz CT molecular complexity index is 779. The van der Waals surface area contributed by atoms with Gasteiger partial charge in [0.15, 0.2) is 0 Å². The quantitative estimate of drug-likeness (QED) is 0.864. The summed E-state index contributed by atoms with van der Waals surface area (Å²) in [4.78, 5) is 25.6. The molecular formula is C14H13N3O3. The van der Waals surface area contributed by atoms with Gasteiger partial charge in [0.25, 0.3) is 5.56 Å². The minimum atomic E-state index is -0.697. The van der Waals surface area contributed by atoms with Crippen molar-refractivity contribution < 1.29 is 5.11 Å². The second kappa shape index (κ2) is 5.45. The second-order valence-electron chi connectivity index (χ2n) is 4.25. The van der Waals surface area contributed by atoms with Crippen LogP contribution in [0.3, 0.4) is 0 Å². The van der Waals surface area contributed by atoms with E-state index in [1.54, 1.807) is 31.2 Å². The van der Waals surface area contributed by atoms with Crippen LogP contribution in [0, 0.1) is 11.3 Å². The van der Waals surface area contributed by atoms with Crippen molar-refractivity contribution in [2.45, 2.75) is 19.8 Å². The van der Waals surface area contributed by atoms with Crippen LogP contribution in [0.4, 0.5) is 0 Å². The predicted molar refractivity (Wildman–Crippen MR) is 73.0 cm³/mol. The van der Waals surface area contributed by atoms with E-state index in [-0.39, 0.29) is 17.9 Å². The molecule has 0 unspecified atom stereocenters. The van der Waals surface area contributed by atoms with E-state index < -0.39 is 11.2 Å². The van der Waals surface area contributed by atoms with E-state index in [1.165, 1.54) is 0 Å². The van der Waals surface area contributed by atoms with Crippen LogP contribution in [0.5, 0.6) is 5.88 Å². The minimum absolute atomic E-state index is 0.158. The molecule has 2 aromatic rings. The van der Waals surface area contributed by atoms with Crippen molar-refractivity contribution in [3.63, 3.8) is 0 Å². The first-order valence-corrected chi connectivity index (χ1v) is 6.12. The molecule has 0 saturated carbocycles. The second-order valence-corrected chi connectivity index (χ2v) is 4.25. The van der Waals surface area contributed by atoms with Gasteiger partial charge in [-0.15, -0.1) is 0 Å². The number of hydrogen-bond acceptors (Lipinski definition) is 4. The van der Waals surface area contributed by atoms with Gasteiger partial charge in [-0.05, 0) is 24.1 Å². The lowest BCUT2D eigenvalue weighted by Gasteiger charge is -2.10. The molecule has 0 aliphatic heterocycles. The number of nitrogens with one attached hydrogen (secondary N) is 1. The van der Waals surface area contributed by atoms with Crippen molar-refractivity contribution in [3.8, 4) is 17.6 Å². The number of nitrogens with zero attached hydrogens (tertiary/aromatic N) is 2. The Morgan fingerprint density at radius 3 is 2.50 bits per heavy atom. The van der Waals surface area contributed by atoms with Crippen molar-refractivity contribution in [1.82, 2.24) is 9.55 Å². The highest BCUT2D eigenvalue weighted by atomic mass is 16.3. The van der Waals surface area contributed by atoms with Crippen molar-refractivity contribution in [1.29, 1.82) is 5.26 Å². The number of aromatic nitrogens is 2. The maximum atomic E-state index is 11.8. The van der Waals surface area contributed by atoms with E-state index in [1.807, 2.05) is 6.07 Å². The largest absolute Gasteiger partial charge is 0.494 e. The summed E-state index contributed by atoms with van der Waals surface area (Å²) < 4.78 is 1.04. The summed E-state index contributed by atoms with van der Waals surface area (Å²) in [5.41, 5.74) is 0.125. The summed E-state index contributed by atoms with van der Waals surface area (Å²) in [5, 5.41) is 18.7. The third kappa shape index (κ3) is 2.34. The van der Waals surface area contributed by atoms with Crippen LogP contribution in [0.15, 0.2) is 33.9 Å². The van der Waals surface area contributed by atoms with Gasteiger partial charge in [-0.3, -0.25) is 9.78 Å². The molecule has 0 fully saturated rings. The highest BCUT2D eigenvalue weighted by Crippen LogP contribution is 2.17. The third-order valence-electron chi connectivity index (χ3n) is 3.01. The van der Waals surface area contributed by atoms with E-state index in [4.69, 9.17) is 5.26 Å². The fourth-order valence-electron chi connectivity index (χ4n) is 1.97. The van der Waals surface area contributed by atoms with Gasteiger partial charge in [0.05, 0.1) is 23.7 Å². The summed E-state index contributed by atoms with van der Waals surface area (Å²) in [5.74, 6) is -0.353. The van der Waals surface area contributed by atoms with Gasteiger partial charge < -0.3 is 5.11 Å². The molecule has 2 rings (SSSR count). The van der Waals surface area contributed by atoms with Crippen LogP contribution in [0.2, 0.25) is 0 Å². The molecule has 0 atom stereocenters. The van der Waals surface area contributed by atoms with Gasteiger partial charge >= 0.3 is 5.69 Å². The van der Waals surface area contributed by atoms with Crippen LogP contribution >= 0.6 is 0 Å². The van der Waals surface area contributed by atoms with E-state index in [0.717, 1.165) is 10.1 Å². The molecule has 6 heteroatoms. The molecule has 0 saturated heterocycles. The van der Waals surface area contributed by atoms with Crippen LogP contribution in [-0.4, -0.2) is 14.7 Å². The molecule has 6 nitrogen and oxygen atoms in total. The molecule has 20 heavy (non-hydrogen) atoms. The van der Waals surface area contributed by atoms with Gasteiger partial charge in [-0.2, -0.15) is 5.26 Å². The molecule has 0 aliphatic rings. The molecule has 2 N–H and O–H groups in total.